The Morgan fingerprint density at radius 3 is 2.50 bits per heavy atom. The van der Waals surface area contributed by atoms with Crippen molar-refractivity contribution in [3.63, 3.8) is 0 Å². The lowest BCUT2D eigenvalue weighted by atomic mass is 10.2. The topological polar surface area (TPSA) is 85.4 Å². The summed E-state index contributed by atoms with van der Waals surface area (Å²) in [5.74, 6) is -1.15. The van der Waals surface area contributed by atoms with E-state index in [1.54, 1.807) is 20.8 Å². The second kappa shape index (κ2) is 5.66. The minimum absolute atomic E-state index is 0.0253. The predicted octanol–water partition coefficient (Wildman–Crippen LogP) is 3.37. The second-order valence-electron chi connectivity index (χ2n) is 6.05. The molecule has 1 N–H and O–H groups in total. The largest absolute Gasteiger partial charge is 0.444 e. The highest BCUT2D eigenvalue weighted by molar-refractivity contribution is 8.13. The summed E-state index contributed by atoms with van der Waals surface area (Å²) in [4.78, 5) is 15.6. The first-order valence-corrected chi connectivity index (χ1v) is 8.93. The monoisotopic (exact) mass is 350 g/mol. The molecular weight excluding hydrogens is 335 g/mol. The molecule has 1 aliphatic carbocycles. The fourth-order valence-corrected chi connectivity index (χ4v) is 2.66. The van der Waals surface area contributed by atoms with Crippen LogP contribution >= 0.6 is 10.7 Å². The number of hydrogen-bond donors (Lipinski definition) is 1. The van der Waals surface area contributed by atoms with E-state index in [4.69, 9.17) is 15.4 Å². The van der Waals surface area contributed by atoms with Crippen LogP contribution in [-0.4, -0.2) is 25.1 Å². The maximum absolute atomic E-state index is 13.9. The molecule has 0 atom stereocenters. The summed E-state index contributed by atoms with van der Waals surface area (Å²) < 4.78 is 41.6. The number of hydrogen-bond acceptors (Lipinski definition) is 5. The molecule has 122 valence electrons. The average molecular weight is 351 g/mol. The Labute approximate surface area is 132 Å². The van der Waals surface area contributed by atoms with Gasteiger partial charge < -0.3 is 4.74 Å². The molecule has 22 heavy (non-hydrogen) atoms. The molecule has 1 heterocycles. The standard InChI is InChI=1S/C13H16ClFN2O4S/c1-13(2,3)21-12(18)16-9-6-8(15)11(22(14,19)20)17-10(9)7-4-5-7/h6-7H,4-5H2,1-3H3,(H,16,18). The first kappa shape index (κ1) is 17.0. The fraction of sp³-hybridized carbons (Fsp3) is 0.538. The molecule has 0 aromatic carbocycles. The number of ether oxygens (including phenoxy) is 1. The van der Waals surface area contributed by atoms with Crippen LogP contribution in [0.4, 0.5) is 14.9 Å². The molecule has 1 aromatic rings. The quantitative estimate of drug-likeness (QED) is 0.845. The summed E-state index contributed by atoms with van der Waals surface area (Å²) in [7, 11) is 0.870. The van der Waals surface area contributed by atoms with Crippen molar-refractivity contribution >= 4 is 31.5 Å². The summed E-state index contributed by atoms with van der Waals surface area (Å²) >= 11 is 0. The Bertz CT molecular complexity index is 711. The van der Waals surface area contributed by atoms with E-state index < -0.39 is 31.6 Å². The molecule has 0 saturated heterocycles. The van der Waals surface area contributed by atoms with Crippen molar-refractivity contribution in [3.8, 4) is 0 Å². The lowest BCUT2D eigenvalue weighted by Crippen LogP contribution is -2.27. The first-order chi connectivity index (χ1) is 9.97. The predicted molar refractivity (Wildman–Crippen MR) is 79.1 cm³/mol. The molecule has 9 heteroatoms. The van der Waals surface area contributed by atoms with Gasteiger partial charge >= 0.3 is 6.09 Å². The van der Waals surface area contributed by atoms with Gasteiger partial charge in [-0.2, -0.15) is 0 Å². The van der Waals surface area contributed by atoms with Gasteiger partial charge in [0.1, 0.15) is 5.60 Å². The highest BCUT2D eigenvalue weighted by atomic mass is 35.7. The third-order valence-electron chi connectivity index (χ3n) is 2.80. The highest BCUT2D eigenvalue weighted by Gasteiger charge is 2.32. The molecule has 0 radical (unpaired) electrons. The Morgan fingerprint density at radius 2 is 2.05 bits per heavy atom. The number of rotatable bonds is 3. The summed E-state index contributed by atoms with van der Waals surface area (Å²) in [6.45, 7) is 5.07. The molecule has 1 aromatic heterocycles. The minimum Gasteiger partial charge on any atom is -0.444 e. The number of amides is 1. The maximum atomic E-state index is 13.9. The number of aromatic nitrogens is 1. The summed E-state index contributed by atoms with van der Waals surface area (Å²) in [5, 5.41) is 1.58. The van der Waals surface area contributed by atoms with Crippen molar-refractivity contribution in [2.45, 2.75) is 50.2 Å². The van der Waals surface area contributed by atoms with E-state index >= 15 is 0 Å². The molecule has 0 bridgehead atoms. The molecule has 0 aliphatic heterocycles. The lowest BCUT2D eigenvalue weighted by Gasteiger charge is -2.20. The van der Waals surface area contributed by atoms with Crippen LogP contribution in [0.15, 0.2) is 11.1 Å². The fourth-order valence-electron chi connectivity index (χ4n) is 1.84. The molecule has 1 amide bonds. The van der Waals surface area contributed by atoms with Gasteiger partial charge in [-0.3, -0.25) is 5.32 Å². The smallest absolute Gasteiger partial charge is 0.412 e. The number of anilines is 1. The second-order valence-corrected chi connectivity index (χ2v) is 8.53. The van der Waals surface area contributed by atoms with Gasteiger partial charge in [0.25, 0.3) is 9.05 Å². The third-order valence-corrected chi connectivity index (χ3v) is 3.99. The van der Waals surface area contributed by atoms with Crippen molar-refractivity contribution in [1.82, 2.24) is 4.98 Å². The van der Waals surface area contributed by atoms with Gasteiger partial charge in [-0.1, -0.05) is 0 Å². The van der Waals surface area contributed by atoms with Crippen LogP contribution in [0.5, 0.6) is 0 Å². The zero-order chi connectivity index (χ0) is 16.7. The van der Waals surface area contributed by atoms with E-state index in [1.165, 1.54) is 0 Å². The van der Waals surface area contributed by atoms with Crippen molar-refractivity contribution in [2.24, 2.45) is 0 Å². The van der Waals surface area contributed by atoms with E-state index in [0.717, 1.165) is 18.9 Å². The third kappa shape index (κ3) is 4.30. The Kier molecular flexibility index (Phi) is 4.36. The Hall–Kier alpha value is -1.41. The summed E-state index contributed by atoms with van der Waals surface area (Å²) in [6.07, 6.45) is 0.796. The molecule has 1 fully saturated rings. The van der Waals surface area contributed by atoms with Crippen LogP contribution in [0.1, 0.15) is 45.2 Å². The molecule has 1 aliphatic rings. The van der Waals surface area contributed by atoms with Crippen LogP contribution in [-0.2, 0) is 13.8 Å². The SMILES string of the molecule is CC(C)(C)OC(=O)Nc1cc(F)c(S(=O)(=O)Cl)nc1C1CC1. The van der Waals surface area contributed by atoms with E-state index in [1.807, 2.05) is 0 Å². The van der Waals surface area contributed by atoms with E-state index in [9.17, 15) is 17.6 Å². The first-order valence-electron chi connectivity index (χ1n) is 6.62. The number of pyridine rings is 1. The van der Waals surface area contributed by atoms with Gasteiger partial charge in [-0.15, -0.1) is 0 Å². The van der Waals surface area contributed by atoms with Crippen LogP contribution in [0, 0.1) is 5.82 Å². The van der Waals surface area contributed by atoms with Crippen molar-refractivity contribution in [3.05, 3.63) is 17.6 Å². The zero-order valence-electron chi connectivity index (χ0n) is 12.3. The number of nitrogens with zero attached hydrogens (tertiary/aromatic N) is 1. The van der Waals surface area contributed by atoms with Crippen LogP contribution in [0.3, 0.4) is 0 Å². The molecule has 1 saturated carbocycles. The highest BCUT2D eigenvalue weighted by Crippen LogP contribution is 2.43. The van der Waals surface area contributed by atoms with Gasteiger partial charge in [0.2, 0.25) is 5.03 Å². The molecule has 0 spiro atoms. The average Bonchev–Trinajstić information content (AvgIpc) is 3.08. The molecule has 6 nitrogen and oxygen atoms in total. The molecule has 0 unspecified atom stereocenters. The van der Waals surface area contributed by atoms with E-state index in [-0.39, 0.29) is 11.6 Å². The normalized spacial score (nSPS) is 15.5. The van der Waals surface area contributed by atoms with Crippen LogP contribution < -0.4 is 5.32 Å². The van der Waals surface area contributed by atoms with Gasteiger partial charge in [-0.25, -0.2) is 22.6 Å². The molecule has 2 rings (SSSR count). The Morgan fingerprint density at radius 1 is 1.45 bits per heavy atom. The van der Waals surface area contributed by atoms with Crippen LogP contribution in [0.25, 0.3) is 0 Å². The van der Waals surface area contributed by atoms with Gasteiger partial charge in [0.05, 0.1) is 11.4 Å². The van der Waals surface area contributed by atoms with Gasteiger partial charge in [0.15, 0.2) is 5.82 Å². The lowest BCUT2D eigenvalue weighted by molar-refractivity contribution is 0.0635. The minimum atomic E-state index is -4.29. The van der Waals surface area contributed by atoms with Crippen molar-refractivity contribution in [1.29, 1.82) is 0 Å². The summed E-state index contributed by atoms with van der Waals surface area (Å²) in [6, 6.07) is 0.903. The van der Waals surface area contributed by atoms with E-state index in [2.05, 4.69) is 10.3 Å². The zero-order valence-corrected chi connectivity index (χ0v) is 13.9. The van der Waals surface area contributed by atoms with Gasteiger partial charge in [0, 0.05) is 22.7 Å². The molecular formula is C13H16ClFN2O4S. The summed E-state index contributed by atoms with van der Waals surface area (Å²) in [5.41, 5.74) is -0.320. The number of carbonyl (C=O) groups is 1. The number of nitrogens with one attached hydrogen (secondary N) is 1. The maximum Gasteiger partial charge on any atom is 0.412 e. The number of halogens is 2. The van der Waals surface area contributed by atoms with Crippen molar-refractivity contribution in [2.75, 3.05) is 5.32 Å². The number of carbonyl (C=O) groups excluding carboxylic acids is 1. The Balaban J connectivity index is 2.35. The van der Waals surface area contributed by atoms with Gasteiger partial charge in [-0.05, 0) is 33.6 Å². The van der Waals surface area contributed by atoms with Crippen molar-refractivity contribution < 1.29 is 22.3 Å². The van der Waals surface area contributed by atoms with E-state index in [0.29, 0.717) is 5.69 Å². The van der Waals surface area contributed by atoms with Crippen LogP contribution in [0.2, 0.25) is 0 Å².